The number of hydrogen-bond acceptors (Lipinski definition) is 3. The molecule has 1 fully saturated rings. The molecule has 0 bridgehead atoms. The maximum atomic E-state index is 11.3. The lowest BCUT2D eigenvalue weighted by molar-refractivity contribution is -0.126. The molecule has 0 aliphatic heterocycles. The molecule has 88 valence electrons. The van der Waals surface area contributed by atoms with Crippen molar-refractivity contribution in [1.29, 1.82) is 5.26 Å². The maximum absolute atomic E-state index is 11.3. The Morgan fingerprint density at radius 1 is 1.17 bits per heavy atom. The summed E-state index contributed by atoms with van der Waals surface area (Å²) in [5.41, 5.74) is -0.245. The molecule has 1 saturated carbocycles. The van der Waals surface area contributed by atoms with Crippen molar-refractivity contribution in [3.05, 3.63) is 42.0 Å². The van der Waals surface area contributed by atoms with Crippen molar-refractivity contribution in [2.24, 2.45) is 0 Å². The number of nitrogens with zero attached hydrogens (tertiary/aromatic N) is 1. The van der Waals surface area contributed by atoms with Gasteiger partial charge in [-0.1, -0.05) is 30.3 Å². The van der Waals surface area contributed by atoms with Gasteiger partial charge in [-0.15, -0.1) is 0 Å². The van der Waals surface area contributed by atoms with E-state index in [2.05, 4.69) is 6.07 Å². The Balaban J connectivity index is 2.32. The number of nitriles is 1. The van der Waals surface area contributed by atoms with E-state index in [-0.39, 0.29) is 24.4 Å². The third-order valence-corrected chi connectivity index (χ3v) is 3.60. The lowest BCUT2D eigenvalue weighted by Crippen LogP contribution is -2.40. The molecule has 0 saturated heterocycles. The van der Waals surface area contributed by atoms with Crippen LogP contribution in [0.2, 0.25) is 0 Å². The number of hydrogen-bond donors (Lipinski definition) is 1. The number of carbonyl (C=O) groups excluding carboxylic acids is 1. The fourth-order valence-corrected chi connectivity index (χ4v) is 2.70. The highest BCUT2D eigenvalue weighted by Crippen LogP contribution is 2.47. The van der Waals surface area contributed by atoms with Crippen molar-refractivity contribution in [3.8, 4) is 11.8 Å². The summed E-state index contributed by atoms with van der Waals surface area (Å²) >= 11 is 0. The van der Waals surface area contributed by atoms with Crippen LogP contribution < -0.4 is 0 Å². The topological polar surface area (TPSA) is 61.1 Å². The van der Waals surface area contributed by atoms with Crippen LogP contribution in [-0.2, 0) is 10.2 Å². The molecule has 1 N–H and O–H groups in total. The first-order valence-corrected chi connectivity index (χ1v) is 5.80. The third-order valence-electron chi connectivity index (χ3n) is 3.60. The minimum Gasteiger partial charge on any atom is -0.508 e. The Morgan fingerprint density at radius 3 is 2.56 bits per heavy atom. The van der Waals surface area contributed by atoms with Crippen molar-refractivity contribution in [2.75, 3.05) is 0 Å². The summed E-state index contributed by atoms with van der Waals surface area (Å²) in [5.74, 6) is 0.173. The summed E-state index contributed by atoms with van der Waals surface area (Å²) in [7, 11) is 0. The van der Waals surface area contributed by atoms with Gasteiger partial charge in [0.15, 0.2) is 0 Å². The summed E-state index contributed by atoms with van der Waals surface area (Å²) in [4.78, 5) is 11.3. The van der Waals surface area contributed by atoms with Gasteiger partial charge in [-0.05, 0) is 16.8 Å². The number of carbonyl (C=O) groups is 1. The molecular formula is C15H11NO2. The average Bonchev–Trinajstić information content (AvgIpc) is 2.35. The highest BCUT2D eigenvalue weighted by molar-refractivity contribution is 5.96. The molecule has 0 atom stereocenters. The van der Waals surface area contributed by atoms with E-state index in [1.54, 1.807) is 6.07 Å². The van der Waals surface area contributed by atoms with Gasteiger partial charge >= 0.3 is 0 Å². The number of benzene rings is 2. The number of Topliss-reactive ketones (excluding diaryl/α,β-unsaturated/α-hetero) is 1. The van der Waals surface area contributed by atoms with Crippen LogP contribution in [0.1, 0.15) is 18.4 Å². The number of aromatic hydroxyl groups is 1. The number of rotatable bonds is 1. The molecule has 2 aromatic rings. The summed E-state index contributed by atoms with van der Waals surface area (Å²) in [6.45, 7) is 0. The Bertz CT molecular complexity index is 689. The molecule has 3 nitrogen and oxygen atoms in total. The molecule has 3 rings (SSSR count). The standard InChI is InChI=1S/C15H11NO2/c16-9-15(7-11(17)8-15)14-12-4-2-1-3-10(12)5-6-13(14)18/h1-6,18H,7-8H2. The SMILES string of the molecule is N#CC1(c2c(O)ccc3ccccc23)CC(=O)C1. The van der Waals surface area contributed by atoms with Crippen LogP contribution in [-0.4, -0.2) is 10.9 Å². The minimum atomic E-state index is -0.845. The first kappa shape index (κ1) is 10.8. The Kier molecular flexibility index (Phi) is 2.14. The highest BCUT2D eigenvalue weighted by atomic mass is 16.3. The number of phenolic OH excluding ortho intramolecular Hbond substituents is 1. The zero-order chi connectivity index (χ0) is 12.8. The molecular weight excluding hydrogens is 226 g/mol. The molecule has 0 radical (unpaired) electrons. The summed E-state index contributed by atoms with van der Waals surface area (Å²) < 4.78 is 0. The highest BCUT2D eigenvalue weighted by Gasteiger charge is 2.47. The van der Waals surface area contributed by atoms with E-state index in [1.807, 2.05) is 30.3 Å². The van der Waals surface area contributed by atoms with E-state index in [1.165, 1.54) is 0 Å². The molecule has 0 spiro atoms. The molecule has 18 heavy (non-hydrogen) atoms. The second kappa shape index (κ2) is 3.58. The maximum Gasteiger partial charge on any atom is 0.136 e. The van der Waals surface area contributed by atoms with Crippen molar-refractivity contribution < 1.29 is 9.90 Å². The van der Waals surface area contributed by atoms with E-state index in [9.17, 15) is 15.2 Å². The summed E-state index contributed by atoms with van der Waals surface area (Å²) in [6.07, 6.45) is 0.399. The number of phenols is 1. The second-order valence-electron chi connectivity index (χ2n) is 4.77. The van der Waals surface area contributed by atoms with Crippen LogP contribution in [0.15, 0.2) is 36.4 Å². The lowest BCUT2D eigenvalue weighted by Gasteiger charge is -2.35. The van der Waals surface area contributed by atoms with Crippen LogP contribution in [0.3, 0.4) is 0 Å². The molecule has 1 aliphatic carbocycles. The lowest BCUT2D eigenvalue weighted by atomic mass is 9.63. The molecule has 0 amide bonds. The van der Waals surface area contributed by atoms with Gasteiger partial charge in [-0.25, -0.2) is 0 Å². The van der Waals surface area contributed by atoms with E-state index >= 15 is 0 Å². The fourth-order valence-electron chi connectivity index (χ4n) is 2.70. The van der Waals surface area contributed by atoms with Gasteiger partial charge in [0.25, 0.3) is 0 Å². The Hall–Kier alpha value is -2.34. The van der Waals surface area contributed by atoms with Gasteiger partial charge in [-0.2, -0.15) is 5.26 Å². The van der Waals surface area contributed by atoms with E-state index in [0.717, 1.165) is 10.8 Å². The van der Waals surface area contributed by atoms with Crippen LogP contribution in [0, 0.1) is 11.3 Å². The molecule has 3 heteroatoms. The van der Waals surface area contributed by atoms with Gasteiger partial charge in [0.1, 0.15) is 16.9 Å². The van der Waals surface area contributed by atoms with Gasteiger partial charge in [0.05, 0.1) is 6.07 Å². The van der Waals surface area contributed by atoms with Gasteiger partial charge < -0.3 is 5.11 Å². The fraction of sp³-hybridized carbons (Fsp3) is 0.200. The monoisotopic (exact) mass is 237 g/mol. The van der Waals surface area contributed by atoms with E-state index in [4.69, 9.17) is 0 Å². The van der Waals surface area contributed by atoms with Gasteiger partial charge in [-0.3, -0.25) is 4.79 Å². The smallest absolute Gasteiger partial charge is 0.136 e. The first-order chi connectivity index (χ1) is 8.66. The number of fused-ring (bicyclic) bond motifs is 1. The van der Waals surface area contributed by atoms with Gasteiger partial charge in [0.2, 0.25) is 0 Å². The summed E-state index contributed by atoms with van der Waals surface area (Å²) in [5, 5.41) is 21.3. The average molecular weight is 237 g/mol. The van der Waals surface area contributed by atoms with Gasteiger partial charge in [0, 0.05) is 18.4 Å². The van der Waals surface area contributed by atoms with Crippen molar-refractivity contribution in [3.63, 3.8) is 0 Å². The van der Waals surface area contributed by atoms with E-state index in [0.29, 0.717) is 5.56 Å². The molecule has 2 aromatic carbocycles. The molecule has 0 aromatic heterocycles. The van der Waals surface area contributed by atoms with Crippen LogP contribution in [0.4, 0.5) is 0 Å². The minimum absolute atomic E-state index is 0.0730. The second-order valence-corrected chi connectivity index (χ2v) is 4.77. The van der Waals surface area contributed by atoms with Crippen LogP contribution in [0.25, 0.3) is 10.8 Å². The summed E-state index contributed by atoms with van der Waals surface area (Å²) in [6, 6.07) is 13.2. The predicted molar refractivity (Wildman–Crippen MR) is 67.1 cm³/mol. The van der Waals surface area contributed by atoms with Crippen molar-refractivity contribution >= 4 is 16.6 Å². The Morgan fingerprint density at radius 2 is 1.89 bits per heavy atom. The zero-order valence-corrected chi connectivity index (χ0v) is 9.68. The van der Waals surface area contributed by atoms with Crippen LogP contribution >= 0.6 is 0 Å². The van der Waals surface area contributed by atoms with Crippen molar-refractivity contribution in [2.45, 2.75) is 18.3 Å². The molecule has 0 unspecified atom stereocenters. The number of ketones is 1. The zero-order valence-electron chi connectivity index (χ0n) is 9.68. The Labute approximate surface area is 104 Å². The predicted octanol–water partition coefficient (Wildman–Crippen LogP) is 2.67. The third kappa shape index (κ3) is 1.32. The first-order valence-electron chi connectivity index (χ1n) is 5.80. The molecule has 0 heterocycles. The van der Waals surface area contributed by atoms with E-state index < -0.39 is 5.41 Å². The quantitative estimate of drug-likeness (QED) is 0.829. The van der Waals surface area contributed by atoms with Crippen LogP contribution in [0.5, 0.6) is 5.75 Å². The van der Waals surface area contributed by atoms with Crippen molar-refractivity contribution in [1.82, 2.24) is 0 Å². The normalized spacial score (nSPS) is 17.2. The molecule has 1 aliphatic rings. The largest absolute Gasteiger partial charge is 0.508 e.